The lowest BCUT2D eigenvalue weighted by Crippen LogP contribution is -2.42. The van der Waals surface area contributed by atoms with Gasteiger partial charge in [-0.25, -0.2) is 0 Å². The predicted molar refractivity (Wildman–Crippen MR) is 69.5 cm³/mol. The number of aliphatic hydroxyl groups excluding tert-OH is 1. The quantitative estimate of drug-likeness (QED) is 0.723. The molecule has 3 nitrogen and oxygen atoms in total. The van der Waals surface area contributed by atoms with Gasteiger partial charge in [0.15, 0.2) is 0 Å². The maximum absolute atomic E-state index is 9.29. The molecule has 1 saturated carbocycles. The number of nitrogens with zero attached hydrogens (tertiary/aromatic N) is 2. The number of hydrogen-bond acceptors (Lipinski definition) is 3. The van der Waals surface area contributed by atoms with Gasteiger partial charge in [-0.05, 0) is 25.8 Å². The van der Waals surface area contributed by atoms with Crippen LogP contribution in [0.15, 0.2) is 0 Å². The molecule has 1 aliphatic carbocycles. The zero-order valence-corrected chi connectivity index (χ0v) is 11.1. The van der Waals surface area contributed by atoms with Crippen molar-refractivity contribution in [2.45, 2.75) is 57.9 Å². The van der Waals surface area contributed by atoms with E-state index in [9.17, 15) is 10.4 Å². The van der Waals surface area contributed by atoms with E-state index in [0.717, 1.165) is 32.4 Å². The van der Waals surface area contributed by atoms with Crippen LogP contribution in [0.3, 0.4) is 0 Å². The molecule has 0 aromatic heterocycles. The number of hydrogen-bond donors (Lipinski definition) is 1. The van der Waals surface area contributed by atoms with Gasteiger partial charge in [-0.2, -0.15) is 5.26 Å². The maximum Gasteiger partial charge on any atom is 0.0672 e. The highest BCUT2D eigenvalue weighted by atomic mass is 16.3. The molecule has 0 aromatic rings. The Kier molecular flexibility index (Phi) is 7.23. The Morgan fingerprint density at radius 2 is 2.00 bits per heavy atom. The SMILES string of the molecule is CCCCN(CCO)C1CCCCCC1C#N. The third-order valence-corrected chi connectivity index (χ3v) is 3.80. The van der Waals surface area contributed by atoms with Crippen LogP contribution in [0.25, 0.3) is 0 Å². The Hall–Kier alpha value is -0.590. The Bertz CT molecular complexity index is 237. The third-order valence-electron chi connectivity index (χ3n) is 3.80. The van der Waals surface area contributed by atoms with Gasteiger partial charge in [-0.3, -0.25) is 4.90 Å². The fraction of sp³-hybridized carbons (Fsp3) is 0.929. The third kappa shape index (κ3) is 4.65. The summed E-state index contributed by atoms with van der Waals surface area (Å²) in [5.41, 5.74) is 0. The standard InChI is InChI=1S/C14H26N2O/c1-2-3-9-16(10-11-17)14-8-6-4-5-7-13(14)12-15/h13-14,17H,2-11H2,1H3. The summed E-state index contributed by atoms with van der Waals surface area (Å²) in [5, 5.41) is 18.5. The Balaban J connectivity index is 2.63. The molecule has 0 aromatic carbocycles. The van der Waals surface area contributed by atoms with Crippen LogP contribution in [0.5, 0.6) is 0 Å². The zero-order chi connectivity index (χ0) is 12.5. The van der Waals surface area contributed by atoms with E-state index in [2.05, 4.69) is 17.9 Å². The van der Waals surface area contributed by atoms with Crippen molar-refractivity contribution >= 4 is 0 Å². The second-order valence-corrected chi connectivity index (χ2v) is 5.05. The van der Waals surface area contributed by atoms with Crippen LogP contribution < -0.4 is 0 Å². The van der Waals surface area contributed by atoms with Gasteiger partial charge >= 0.3 is 0 Å². The van der Waals surface area contributed by atoms with Crippen LogP contribution in [0, 0.1) is 17.2 Å². The van der Waals surface area contributed by atoms with Crippen LogP contribution in [-0.2, 0) is 0 Å². The molecule has 0 amide bonds. The van der Waals surface area contributed by atoms with E-state index in [4.69, 9.17) is 0 Å². The summed E-state index contributed by atoms with van der Waals surface area (Å²) in [5.74, 6) is 0.168. The van der Waals surface area contributed by atoms with Gasteiger partial charge in [0.05, 0.1) is 18.6 Å². The monoisotopic (exact) mass is 238 g/mol. The van der Waals surface area contributed by atoms with E-state index in [1.165, 1.54) is 25.7 Å². The van der Waals surface area contributed by atoms with Crippen LogP contribution in [0.1, 0.15) is 51.9 Å². The largest absolute Gasteiger partial charge is 0.395 e. The molecule has 1 N–H and O–H groups in total. The first kappa shape index (κ1) is 14.5. The number of unbranched alkanes of at least 4 members (excludes halogenated alkanes) is 1. The maximum atomic E-state index is 9.29. The summed E-state index contributed by atoms with van der Waals surface area (Å²) in [7, 11) is 0. The fourth-order valence-corrected chi connectivity index (χ4v) is 2.81. The van der Waals surface area contributed by atoms with E-state index in [1.54, 1.807) is 0 Å². The lowest BCUT2D eigenvalue weighted by atomic mass is 9.94. The van der Waals surface area contributed by atoms with Gasteiger partial charge in [0, 0.05) is 12.6 Å². The van der Waals surface area contributed by atoms with Gasteiger partial charge in [-0.15, -0.1) is 0 Å². The average molecular weight is 238 g/mol. The lowest BCUT2D eigenvalue weighted by molar-refractivity contribution is 0.120. The molecule has 1 rings (SSSR count). The highest BCUT2D eigenvalue weighted by Gasteiger charge is 2.28. The normalized spacial score (nSPS) is 25.5. The van der Waals surface area contributed by atoms with Gasteiger partial charge in [0.2, 0.25) is 0 Å². The first-order valence-electron chi connectivity index (χ1n) is 7.08. The molecule has 0 heterocycles. The van der Waals surface area contributed by atoms with Crippen molar-refractivity contribution in [1.82, 2.24) is 4.90 Å². The average Bonchev–Trinajstić information content (AvgIpc) is 2.59. The van der Waals surface area contributed by atoms with Gasteiger partial charge in [-0.1, -0.05) is 32.6 Å². The molecule has 3 heteroatoms. The fourth-order valence-electron chi connectivity index (χ4n) is 2.81. The molecule has 1 aliphatic rings. The van der Waals surface area contributed by atoms with Gasteiger partial charge in [0.1, 0.15) is 0 Å². The lowest BCUT2D eigenvalue weighted by Gasteiger charge is -2.33. The van der Waals surface area contributed by atoms with Gasteiger partial charge < -0.3 is 5.11 Å². The van der Waals surface area contributed by atoms with Crippen LogP contribution in [-0.4, -0.2) is 35.7 Å². The molecule has 0 radical (unpaired) electrons. The minimum Gasteiger partial charge on any atom is -0.395 e. The van der Waals surface area contributed by atoms with Crippen molar-refractivity contribution in [2.75, 3.05) is 19.7 Å². The number of rotatable bonds is 6. The van der Waals surface area contributed by atoms with Crippen LogP contribution in [0.4, 0.5) is 0 Å². The molecule has 2 unspecified atom stereocenters. The smallest absolute Gasteiger partial charge is 0.0672 e. The molecule has 17 heavy (non-hydrogen) atoms. The Morgan fingerprint density at radius 3 is 2.65 bits per heavy atom. The van der Waals surface area contributed by atoms with Crippen molar-refractivity contribution in [3.05, 3.63) is 0 Å². The topological polar surface area (TPSA) is 47.3 Å². The summed E-state index contributed by atoms with van der Waals surface area (Å²) in [4.78, 5) is 2.35. The summed E-state index contributed by atoms with van der Waals surface area (Å²) in [6.45, 7) is 4.15. The van der Waals surface area contributed by atoms with E-state index < -0.39 is 0 Å². The predicted octanol–water partition coefficient (Wildman–Crippen LogP) is 2.55. The second kappa shape index (κ2) is 8.49. The minimum atomic E-state index is 0.168. The highest BCUT2D eigenvalue weighted by molar-refractivity contribution is 4.94. The van der Waals surface area contributed by atoms with E-state index in [1.807, 2.05) is 0 Å². The second-order valence-electron chi connectivity index (χ2n) is 5.05. The molecular weight excluding hydrogens is 212 g/mol. The van der Waals surface area contributed by atoms with E-state index in [0.29, 0.717) is 6.04 Å². The van der Waals surface area contributed by atoms with Crippen molar-refractivity contribution in [3.63, 3.8) is 0 Å². The molecule has 0 spiro atoms. The Labute approximate surface area is 105 Å². The van der Waals surface area contributed by atoms with Crippen molar-refractivity contribution in [3.8, 4) is 6.07 Å². The molecule has 0 bridgehead atoms. The number of aliphatic hydroxyl groups is 1. The van der Waals surface area contributed by atoms with Crippen molar-refractivity contribution in [1.29, 1.82) is 5.26 Å². The minimum absolute atomic E-state index is 0.168. The zero-order valence-electron chi connectivity index (χ0n) is 11.1. The summed E-state index contributed by atoms with van der Waals surface area (Å²) in [6.07, 6.45) is 8.18. The van der Waals surface area contributed by atoms with Crippen molar-refractivity contribution in [2.24, 2.45) is 5.92 Å². The van der Waals surface area contributed by atoms with Crippen LogP contribution in [0.2, 0.25) is 0 Å². The molecule has 0 aliphatic heterocycles. The summed E-state index contributed by atoms with van der Waals surface area (Å²) < 4.78 is 0. The molecule has 2 atom stereocenters. The first-order valence-corrected chi connectivity index (χ1v) is 7.08. The molecule has 98 valence electrons. The molecular formula is C14H26N2O. The van der Waals surface area contributed by atoms with E-state index >= 15 is 0 Å². The molecule has 1 fully saturated rings. The summed E-state index contributed by atoms with van der Waals surface area (Å²) in [6, 6.07) is 2.86. The number of nitriles is 1. The Morgan fingerprint density at radius 1 is 1.24 bits per heavy atom. The van der Waals surface area contributed by atoms with Gasteiger partial charge in [0.25, 0.3) is 0 Å². The van der Waals surface area contributed by atoms with Crippen molar-refractivity contribution < 1.29 is 5.11 Å². The summed E-state index contributed by atoms with van der Waals surface area (Å²) >= 11 is 0. The molecule has 0 saturated heterocycles. The van der Waals surface area contributed by atoms with E-state index in [-0.39, 0.29) is 12.5 Å². The highest BCUT2D eigenvalue weighted by Crippen LogP contribution is 2.27. The first-order chi connectivity index (χ1) is 8.33. The van der Waals surface area contributed by atoms with Crippen LogP contribution >= 0.6 is 0 Å².